The number of hydrogen-bond acceptors (Lipinski definition) is 6. The van der Waals surface area contributed by atoms with E-state index in [0.717, 1.165) is 74.4 Å². The molecular formula is C28H40FN5O2. The van der Waals surface area contributed by atoms with E-state index in [9.17, 15) is 5.11 Å². The number of phenolic OH excluding ortho intramolecular Hbond substituents is 1. The number of hydrogen-bond donors (Lipinski definition) is 4. The number of ether oxygens (including phenoxy) is 1. The Morgan fingerprint density at radius 3 is 2.92 bits per heavy atom. The number of aromatic hydroxyl groups is 1. The van der Waals surface area contributed by atoms with Gasteiger partial charge in [0.25, 0.3) is 0 Å². The van der Waals surface area contributed by atoms with Crippen molar-refractivity contribution >= 4 is 5.57 Å². The van der Waals surface area contributed by atoms with E-state index < -0.39 is 6.17 Å². The van der Waals surface area contributed by atoms with E-state index >= 15 is 4.39 Å². The molecule has 1 aromatic heterocycles. The Kier molecular flexibility index (Phi) is 7.76. The molecule has 2 fully saturated rings. The van der Waals surface area contributed by atoms with Crippen molar-refractivity contribution in [3.63, 3.8) is 0 Å². The third kappa shape index (κ3) is 4.96. The normalized spacial score (nSPS) is 30.8. The number of imidazole rings is 1. The molecule has 8 heteroatoms. The molecule has 6 atom stereocenters. The van der Waals surface area contributed by atoms with Crippen molar-refractivity contribution in [1.82, 2.24) is 25.7 Å². The van der Waals surface area contributed by atoms with Gasteiger partial charge in [0, 0.05) is 44.7 Å². The maximum absolute atomic E-state index is 15.9. The molecule has 0 amide bonds. The Labute approximate surface area is 213 Å². The number of aromatic amines is 1. The minimum atomic E-state index is -1.01. The molecule has 196 valence electrons. The number of aryl methyl sites for hydroxylation is 1. The van der Waals surface area contributed by atoms with Gasteiger partial charge in [-0.3, -0.25) is 10.3 Å². The molecule has 5 rings (SSSR count). The molecular weight excluding hydrogens is 457 g/mol. The number of aromatic nitrogens is 2. The molecule has 1 aromatic carbocycles. The highest BCUT2D eigenvalue weighted by Gasteiger charge is 2.48. The fourth-order valence-electron chi connectivity index (χ4n) is 6.37. The third-order valence-corrected chi connectivity index (χ3v) is 8.47. The molecule has 0 bridgehead atoms. The van der Waals surface area contributed by atoms with Gasteiger partial charge in [-0.2, -0.15) is 0 Å². The van der Waals surface area contributed by atoms with Gasteiger partial charge in [-0.05, 0) is 67.9 Å². The lowest BCUT2D eigenvalue weighted by Gasteiger charge is -2.36. The molecule has 0 radical (unpaired) electrons. The van der Waals surface area contributed by atoms with E-state index in [2.05, 4.69) is 40.7 Å². The molecule has 1 aliphatic carbocycles. The number of methoxy groups -OCH3 is 1. The van der Waals surface area contributed by atoms with Gasteiger partial charge in [-0.1, -0.05) is 19.1 Å². The molecule has 0 spiro atoms. The first-order chi connectivity index (χ1) is 17.5. The largest absolute Gasteiger partial charge is 0.508 e. The highest BCUT2D eigenvalue weighted by molar-refractivity contribution is 5.64. The van der Waals surface area contributed by atoms with Gasteiger partial charge in [0.2, 0.25) is 0 Å². The van der Waals surface area contributed by atoms with Crippen molar-refractivity contribution in [3.05, 3.63) is 53.1 Å². The number of nitrogens with zero attached hydrogens (tertiary/aromatic N) is 2. The van der Waals surface area contributed by atoms with Crippen LogP contribution in [0.2, 0.25) is 0 Å². The molecule has 2 aromatic rings. The van der Waals surface area contributed by atoms with E-state index in [1.807, 2.05) is 12.3 Å². The Hall–Kier alpha value is -2.26. The highest BCUT2D eigenvalue weighted by Crippen LogP contribution is 2.45. The number of hydrazine groups is 1. The van der Waals surface area contributed by atoms with Crippen LogP contribution in [-0.2, 0) is 11.2 Å². The molecule has 4 N–H and O–H groups in total. The van der Waals surface area contributed by atoms with Gasteiger partial charge in [0.1, 0.15) is 17.7 Å². The quantitative estimate of drug-likeness (QED) is 0.408. The summed E-state index contributed by atoms with van der Waals surface area (Å²) in [5, 5.41) is 9.88. The van der Waals surface area contributed by atoms with Gasteiger partial charge in [0.15, 0.2) is 0 Å². The minimum absolute atomic E-state index is 0.0469. The average Bonchev–Trinajstić information content (AvgIpc) is 3.53. The van der Waals surface area contributed by atoms with Crippen LogP contribution in [0.3, 0.4) is 0 Å². The van der Waals surface area contributed by atoms with Crippen LogP contribution in [0.25, 0.3) is 5.57 Å². The summed E-state index contributed by atoms with van der Waals surface area (Å²) in [6.07, 6.45) is 7.77. The lowest BCUT2D eigenvalue weighted by molar-refractivity contribution is 0.135. The average molecular weight is 498 g/mol. The monoisotopic (exact) mass is 497 g/mol. The highest BCUT2D eigenvalue weighted by atomic mass is 19.1. The van der Waals surface area contributed by atoms with Crippen LogP contribution in [0.4, 0.5) is 4.39 Å². The zero-order valence-electron chi connectivity index (χ0n) is 21.6. The number of H-pyrrole nitrogens is 1. The molecule has 5 unspecified atom stereocenters. The molecule has 3 heterocycles. The summed E-state index contributed by atoms with van der Waals surface area (Å²) in [5.74, 6) is 1.08. The van der Waals surface area contributed by atoms with Crippen molar-refractivity contribution in [3.8, 4) is 5.75 Å². The van der Waals surface area contributed by atoms with E-state index in [1.54, 1.807) is 19.2 Å². The summed E-state index contributed by atoms with van der Waals surface area (Å²) < 4.78 is 21.1. The zero-order chi connectivity index (χ0) is 25.2. The maximum Gasteiger partial charge on any atom is 0.125 e. The lowest BCUT2D eigenvalue weighted by Crippen LogP contribution is -2.45. The van der Waals surface area contributed by atoms with Gasteiger partial charge in [-0.15, -0.1) is 0 Å². The number of halogens is 1. The standard InChI is InChI=1S/C28H40FN5O2/c1-4-18-14-20(35)8-9-21(18)22-10-11-23-26(25(22)29)32-33-27(23)28-30-15-24(31-28)19-7-6-17(2)34(16-19)12-5-13-36-3/h7-9,14-15,17,22-23,25-27,32-33,35H,4-6,10-13,16H2,1-3H3,(H,30,31)/t17-,22?,23?,25?,26?,27?/m0/s1. The predicted molar refractivity (Wildman–Crippen MR) is 139 cm³/mol. The Morgan fingerprint density at radius 2 is 2.11 bits per heavy atom. The van der Waals surface area contributed by atoms with Crippen LogP contribution in [-0.4, -0.2) is 65.0 Å². The van der Waals surface area contributed by atoms with Crippen molar-refractivity contribution in [2.75, 3.05) is 26.8 Å². The fraction of sp³-hybridized carbons (Fsp3) is 0.607. The van der Waals surface area contributed by atoms with Crippen LogP contribution < -0.4 is 10.9 Å². The summed E-state index contributed by atoms with van der Waals surface area (Å²) in [5.41, 5.74) is 11.0. The van der Waals surface area contributed by atoms with Gasteiger partial charge < -0.3 is 14.8 Å². The van der Waals surface area contributed by atoms with Crippen LogP contribution in [0.15, 0.2) is 30.5 Å². The fourth-order valence-corrected chi connectivity index (χ4v) is 6.37. The molecule has 7 nitrogen and oxygen atoms in total. The summed E-state index contributed by atoms with van der Waals surface area (Å²) in [6, 6.07) is 5.57. The summed E-state index contributed by atoms with van der Waals surface area (Å²) in [4.78, 5) is 10.8. The Morgan fingerprint density at radius 1 is 1.25 bits per heavy atom. The summed E-state index contributed by atoms with van der Waals surface area (Å²) in [7, 11) is 1.75. The van der Waals surface area contributed by atoms with Crippen LogP contribution in [0.1, 0.15) is 74.1 Å². The van der Waals surface area contributed by atoms with Crippen molar-refractivity contribution in [1.29, 1.82) is 0 Å². The lowest BCUT2D eigenvalue weighted by atomic mass is 9.71. The number of benzene rings is 1. The first kappa shape index (κ1) is 25.4. The smallest absolute Gasteiger partial charge is 0.125 e. The topological polar surface area (TPSA) is 85.4 Å². The van der Waals surface area contributed by atoms with Gasteiger partial charge in [-0.25, -0.2) is 14.8 Å². The summed E-state index contributed by atoms with van der Waals surface area (Å²) in [6.45, 7) is 7.03. The molecule has 1 saturated heterocycles. The first-order valence-corrected chi connectivity index (χ1v) is 13.4. The number of phenols is 1. The second-order valence-corrected chi connectivity index (χ2v) is 10.6. The molecule has 36 heavy (non-hydrogen) atoms. The van der Waals surface area contributed by atoms with E-state index in [1.165, 1.54) is 5.57 Å². The third-order valence-electron chi connectivity index (χ3n) is 8.47. The number of alkyl halides is 1. The Balaban J connectivity index is 1.27. The maximum atomic E-state index is 15.9. The van der Waals surface area contributed by atoms with Crippen molar-refractivity contribution in [2.45, 2.75) is 76.2 Å². The minimum Gasteiger partial charge on any atom is -0.508 e. The second-order valence-electron chi connectivity index (χ2n) is 10.6. The van der Waals surface area contributed by atoms with Crippen molar-refractivity contribution < 1.29 is 14.2 Å². The molecule has 1 saturated carbocycles. The number of rotatable bonds is 8. The number of nitrogens with one attached hydrogen (secondary N) is 3. The van der Waals surface area contributed by atoms with Crippen molar-refractivity contribution in [2.24, 2.45) is 5.92 Å². The predicted octanol–water partition coefficient (Wildman–Crippen LogP) is 4.24. The van der Waals surface area contributed by atoms with Crippen LogP contribution >= 0.6 is 0 Å². The SMILES string of the molecule is CCc1cc(O)ccc1C1CCC2C(c3ncc(C4=CC[C@H](C)N(CCCOC)C4)[nH]3)NNC2C1F. The number of fused-ring (bicyclic) bond motifs is 1. The molecule has 3 aliphatic rings. The van der Waals surface area contributed by atoms with Gasteiger partial charge >= 0.3 is 0 Å². The van der Waals surface area contributed by atoms with Crippen LogP contribution in [0, 0.1) is 5.92 Å². The van der Waals surface area contributed by atoms with E-state index in [4.69, 9.17) is 9.72 Å². The van der Waals surface area contributed by atoms with E-state index in [0.29, 0.717) is 6.04 Å². The van der Waals surface area contributed by atoms with Crippen LogP contribution in [0.5, 0.6) is 5.75 Å². The zero-order valence-corrected chi connectivity index (χ0v) is 21.6. The first-order valence-electron chi connectivity index (χ1n) is 13.4. The summed E-state index contributed by atoms with van der Waals surface area (Å²) >= 11 is 0. The van der Waals surface area contributed by atoms with E-state index in [-0.39, 0.29) is 29.7 Å². The van der Waals surface area contributed by atoms with Gasteiger partial charge in [0.05, 0.1) is 24.0 Å². The molecule has 2 aliphatic heterocycles. The second kappa shape index (κ2) is 11.0. The Bertz CT molecular complexity index is 1070.